The molecule has 0 spiro atoms. The summed E-state index contributed by atoms with van der Waals surface area (Å²) in [6.45, 7) is 3.59. The maximum absolute atomic E-state index is 13.0. The number of hydrogen-bond donors (Lipinski definition) is 1. The van der Waals surface area contributed by atoms with E-state index in [4.69, 9.17) is 4.74 Å². The fraction of sp³-hybridized carbons (Fsp3) is 0.250. The molecule has 0 saturated carbocycles. The molecule has 1 saturated heterocycles. The summed E-state index contributed by atoms with van der Waals surface area (Å²) in [5, 5.41) is 5.11. The van der Waals surface area contributed by atoms with Gasteiger partial charge in [-0.3, -0.25) is 4.79 Å². The van der Waals surface area contributed by atoms with Crippen LogP contribution in [0.1, 0.15) is 20.7 Å². The number of nitrogens with one attached hydrogen (secondary N) is 1. The van der Waals surface area contributed by atoms with Crippen LogP contribution >= 0.6 is 0 Å². The van der Waals surface area contributed by atoms with Gasteiger partial charge in [-0.25, -0.2) is 4.79 Å². The summed E-state index contributed by atoms with van der Waals surface area (Å²) in [7, 11) is 3.45. The van der Waals surface area contributed by atoms with Crippen molar-refractivity contribution in [2.24, 2.45) is 0 Å². The Bertz CT molecular complexity index is 1090. The second kappa shape index (κ2) is 8.55. The molecule has 30 heavy (non-hydrogen) atoms. The highest BCUT2D eigenvalue weighted by Crippen LogP contribution is 2.29. The Hall–Kier alpha value is -3.38. The molecule has 0 radical (unpaired) electrons. The maximum atomic E-state index is 13.0. The molecule has 1 heterocycles. The van der Waals surface area contributed by atoms with E-state index in [2.05, 4.69) is 22.2 Å². The minimum Gasteiger partial charge on any atom is -0.465 e. The molecule has 154 valence electrons. The number of nitrogens with zero attached hydrogens (tertiary/aromatic N) is 2. The predicted molar refractivity (Wildman–Crippen MR) is 119 cm³/mol. The molecule has 6 nitrogen and oxygen atoms in total. The van der Waals surface area contributed by atoms with E-state index in [9.17, 15) is 9.59 Å². The van der Waals surface area contributed by atoms with Crippen LogP contribution in [0.15, 0.2) is 60.7 Å². The fourth-order valence-electron chi connectivity index (χ4n) is 3.73. The van der Waals surface area contributed by atoms with Crippen molar-refractivity contribution < 1.29 is 14.3 Å². The molecule has 0 unspecified atom stereocenters. The first-order chi connectivity index (χ1) is 14.5. The smallest absolute Gasteiger partial charge is 0.337 e. The summed E-state index contributed by atoms with van der Waals surface area (Å²) in [6.07, 6.45) is 0. The monoisotopic (exact) mass is 403 g/mol. The molecule has 3 aromatic carbocycles. The summed E-state index contributed by atoms with van der Waals surface area (Å²) in [4.78, 5) is 29.6. The highest BCUT2D eigenvalue weighted by molar-refractivity contribution is 6.08. The Balaban J connectivity index is 1.65. The van der Waals surface area contributed by atoms with Gasteiger partial charge in [0.15, 0.2) is 0 Å². The Morgan fingerprint density at radius 1 is 0.867 bits per heavy atom. The van der Waals surface area contributed by atoms with Gasteiger partial charge >= 0.3 is 5.97 Å². The summed E-state index contributed by atoms with van der Waals surface area (Å²) in [5.74, 6) is -0.640. The van der Waals surface area contributed by atoms with Crippen LogP contribution in [0, 0.1) is 0 Å². The van der Waals surface area contributed by atoms with Crippen molar-refractivity contribution in [2.75, 3.05) is 50.6 Å². The van der Waals surface area contributed by atoms with Crippen LogP contribution in [-0.2, 0) is 4.74 Å². The lowest BCUT2D eigenvalue weighted by Gasteiger charge is -2.35. The van der Waals surface area contributed by atoms with E-state index < -0.39 is 5.97 Å². The normalized spacial score (nSPS) is 14.5. The average Bonchev–Trinajstić information content (AvgIpc) is 2.78. The number of likely N-dealkylation sites (N-methyl/N-ethyl adjacent to an activating group) is 1. The second-order valence-corrected chi connectivity index (χ2v) is 7.53. The van der Waals surface area contributed by atoms with Crippen LogP contribution in [-0.4, -0.2) is 57.1 Å². The molecular formula is C24H25N3O3. The third-order valence-corrected chi connectivity index (χ3v) is 5.52. The zero-order chi connectivity index (χ0) is 21.1. The summed E-state index contributed by atoms with van der Waals surface area (Å²) >= 11 is 0. The summed E-state index contributed by atoms with van der Waals surface area (Å²) in [6, 6.07) is 18.9. The highest BCUT2D eigenvalue weighted by atomic mass is 16.5. The van der Waals surface area contributed by atoms with Crippen molar-refractivity contribution in [1.82, 2.24) is 4.90 Å². The first-order valence-electron chi connectivity index (χ1n) is 10.0. The quantitative estimate of drug-likeness (QED) is 0.674. The number of rotatable bonds is 4. The van der Waals surface area contributed by atoms with Crippen LogP contribution in [0.2, 0.25) is 0 Å². The zero-order valence-corrected chi connectivity index (χ0v) is 17.2. The summed E-state index contributed by atoms with van der Waals surface area (Å²) < 4.78 is 4.86. The minimum atomic E-state index is -0.430. The van der Waals surface area contributed by atoms with Crippen molar-refractivity contribution in [2.45, 2.75) is 0 Å². The molecule has 1 fully saturated rings. The molecule has 0 bridgehead atoms. The third-order valence-electron chi connectivity index (χ3n) is 5.52. The van der Waals surface area contributed by atoms with Gasteiger partial charge < -0.3 is 19.9 Å². The fourth-order valence-corrected chi connectivity index (χ4v) is 3.73. The first-order valence-corrected chi connectivity index (χ1v) is 10.0. The van der Waals surface area contributed by atoms with E-state index in [1.54, 1.807) is 12.1 Å². The van der Waals surface area contributed by atoms with Crippen molar-refractivity contribution in [3.05, 3.63) is 71.8 Å². The number of carbonyl (C=O) groups is 2. The average molecular weight is 403 g/mol. The molecule has 1 aliphatic rings. The topological polar surface area (TPSA) is 61.9 Å². The van der Waals surface area contributed by atoms with E-state index in [1.165, 1.54) is 7.11 Å². The van der Waals surface area contributed by atoms with Gasteiger partial charge in [-0.2, -0.15) is 0 Å². The van der Waals surface area contributed by atoms with Crippen LogP contribution in [0.5, 0.6) is 0 Å². The predicted octanol–water partition coefficient (Wildman–Crippen LogP) is 3.63. The number of methoxy groups -OCH3 is 1. The van der Waals surface area contributed by atoms with Crippen molar-refractivity contribution in [3.8, 4) is 0 Å². The van der Waals surface area contributed by atoms with Crippen LogP contribution in [0.4, 0.5) is 11.4 Å². The van der Waals surface area contributed by atoms with Crippen LogP contribution < -0.4 is 10.2 Å². The first kappa shape index (κ1) is 19.9. The second-order valence-electron chi connectivity index (χ2n) is 7.53. The third kappa shape index (κ3) is 4.14. The van der Waals surface area contributed by atoms with E-state index >= 15 is 0 Å². The lowest BCUT2D eigenvalue weighted by atomic mass is 10.1. The number of piperazine rings is 1. The number of anilines is 2. The molecule has 3 aromatic rings. The Morgan fingerprint density at radius 3 is 2.30 bits per heavy atom. The minimum absolute atomic E-state index is 0.210. The molecule has 0 atom stereocenters. The molecule has 1 aliphatic heterocycles. The van der Waals surface area contributed by atoms with Crippen LogP contribution in [0.3, 0.4) is 0 Å². The van der Waals surface area contributed by atoms with Gasteiger partial charge in [0.05, 0.1) is 24.0 Å². The molecule has 0 aliphatic carbocycles. The SMILES string of the molecule is COC(=O)c1ccc(N2CCN(C)CC2)c(NC(=O)c2ccc3ccccc3c2)c1. The van der Waals surface area contributed by atoms with E-state index in [-0.39, 0.29) is 5.91 Å². The van der Waals surface area contributed by atoms with Gasteiger partial charge in [0, 0.05) is 31.7 Å². The molecular weight excluding hydrogens is 378 g/mol. The van der Waals surface area contributed by atoms with Gasteiger partial charge in [-0.15, -0.1) is 0 Å². The van der Waals surface area contributed by atoms with Crippen molar-refractivity contribution in [3.63, 3.8) is 0 Å². The number of amides is 1. The number of carbonyl (C=O) groups excluding carboxylic acids is 2. The molecule has 0 aromatic heterocycles. The lowest BCUT2D eigenvalue weighted by Crippen LogP contribution is -2.44. The highest BCUT2D eigenvalue weighted by Gasteiger charge is 2.20. The molecule has 1 amide bonds. The van der Waals surface area contributed by atoms with E-state index in [0.29, 0.717) is 16.8 Å². The lowest BCUT2D eigenvalue weighted by molar-refractivity contribution is 0.0600. The molecule has 4 rings (SSSR count). The number of benzene rings is 3. The van der Waals surface area contributed by atoms with Crippen LogP contribution in [0.25, 0.3) is 10.8 Å². The van der Waals surface area contributed by atoms with Crippen molar-refractivity contribution in [1.29, 1.82) is 0 Å². The number of fused-ring (bicyclic) bond motifs is 1. The standard InChI is InChI=1S/C24H25N3O3/c1-26-11-13-27(14-12-26)22-10-9-20(24(29)30-2)16-21(22)25-23(28)19-8-7-17-5-3-4-6-18(17)15-19/h3-10,15-16H,11-14H2,1-2H3,(H,25,28). The molecule has 1 N–H and O–H groups in total. The zero-order valence-electron chi connectivity index (χ0n) is 17.2. The van der Waals surface area contributed by atoms with Gasteiger partial charge in [0.2, 0.25) is 0 Å². The van der Waals surface area contributed by atoms with E-state index in [1.807, 2.05) is 48.5 Å². The Kier molecular flexibility index (Phi) is 5.68. The van der Waals surface area contributed by atoms with Crippen molar-refractivity contribution >= 4 is 34.0 Å². The van der Waals surface area contributed by atoms with Gasteiger partial charge in [0.1, 0.15) is 0 Å². The number of ether oxygens (including phenoxy) is 1. The van der Waals surface area contributed by atoms with Gasteiger partial charge in [0.25, 0.3) is 5.91 Å². The maximum Gasteiger partial charge on any atom is 0.337 e. The Labute approximate surface area is 176 Å². The van der Waals surface area contributed by atoms with Gasteiger partial charge in [-0.05, 0) is 48.2 Å². The number of hydrogen-bond acceptors (Lipinski definition) is 5. The summed E-state index contributed by atoms with van der Waals surface area (Å²) in [5.41, 5.74) is 2.50. The van der Waals surface area contributed by atoms with E-state index in [0.717, 1.165) is 42.6 Å². The largest absolute Gasteiger partial charge is 0.465 e. The van der Waals surface area contributed by atoms with Gasteiger partial charge in [-0.1, -0.05) is 30.3 Å². The number of esters is 1. The Morgan fingerprint density at radius 2 is 1.57 bits per heavy atom. The molecule has 6 heteroatoms.